The van der Waals surface area contributed by atoms with Crippen LogP contribution in [0.4, 0.5) is 0 Å². The summed E-state index contributed by atoms with van der Waals surface area (Å²) in [5, 5.41) is 1.02. The van der Waals surface area contributed by atoms with E-state index in [-0.39, 0.29) is 12.0 Å². The maximum absolute atomic E-state index is 13.0. The lowest BCUT2D eigenvalue weighted by atomic mass is 10.1. The summed E-state index contributed by atoms with van der Waals surface area (Å²) in [5.74, 6) is 1.64. The van der Waals surface area contributed by atoms with Crippen molar-refractivity contribution in [2.45, 2.75) is 65.0 Å². The number of rotatable bonds is 8. The number of benzene rings is 1. The van der Waals surface area contributed by atoms with Gasteiger partial charge in [0, 0.05) is 37.6 Å². The highest BCUT2D eigenvalue weighted by Gasteiger charge is 2.27. The van der Waals surface area contributed by atoms with Crippen LogP contribution in [0.2, 0.25) is 0 Å². The molecular weight excluding hydrogens is 374 g/mol. The summed E-state index contributed by atoms with van der Waals surface area (Å²) in [6, 6.07) is 10.5. The van der Waals surface area contributed by atoms with Crippen LogP contribution in [0.1, 0.15) is 63.4 Å². The third kappa shape index (κ3) is 5.12. The average molecular weight is 410 g/mol. The topological polar surface area (TPSA) is 45.7 Å². The molecular formula is C25H35N3O2. The van der Waals surface area contributed by atoms with Crippen molar-refractivity contribution in [3.8, 4) is 5.75 Å². The number of hydrogen-bond acceptors (Lipinski definition) is 4. The number of nitrogens with zero attached hydrogens (tertiary/aromatic N) is 3. The first-order chi connectivity index (χ1) is 14.5. The minimum absolute atomic E-state index is 0.0582. The van der Waals surface area contributed by atoms with Gasteiger partial charge < -0.3 is 14.5 Å². The van der Waals surface area contributed by atoms with Crippen molar-refractivity contribution < 1.29 is 9.53 Å². The molecule has 1 aliphatic heterocycles. The molecule has 4 rings (SSSR count). The summed E-state index contributed by atoms with van der Waals surface area (Å²) in [5.41, 5.74) is 1.40. The van der Waals surface area contributed by atoms with Gasteiger partial charge in [0.2, 0.25) is 0 Å². The lowest BCUT2D eigenvalue weighted by Gasteiger charge is -2.34. The number of piperidine rings is 1. The highest BCUT2D eigenvalue weighted by atomic mass is 16.5. The van der Waals surface area contributed by atoms with E-state index < -0.39 is 0 Å². The molecule has 0 atom stereocenters. The zero-order chi connectivity index (χ0) is 21.1. The molecule has 1 aromatic heterocycles. The molecule has 2 aliphatic rings. The van der Waals surface area contributed by atoms with Crippen LogP contribution in [0.5, 0.6) is 5.75 Å². The standard InChI is InChI=1S/C25H35N3O2/c1-4-13-28(17-19-5-6-19)25(29)24-9-7-20-16-22(8-10-23(20)26-24)30-21-11-14-27(15-12-21)18(2)3/h7-10,16,18-19,21H,4-6,11-15,17H2,1-3H3. The van der Waals surface area contributed by atoms with Gasteiger partial charge in [-0.15, -0.1) is 0 Å². The van der Waals surface area contributed by atoms with Crippen LogP contribution in [0.25, 0.3) is 10.9 Å². The van der Waals surface area contributed by atoms with Gasteiger partial charge in [0.25, 0.3) is 5.91 Å². The fourth-order valence-electron chi connectivity index (χ4n) is 4.32. The van der Waals surface area contributed by atoms with E-state index in [1.54, 1.807) is 0 Å². The maximum Gasteiger partial charge on any atom is 0.272 e. The summed E-state index contributed by atoms with van der Waals surface area (Å²) in [6.07, 6.45) is 5.88. The fraction of sp³-hybridized carbons (Fsp3) is 0.600. The van der Waals surface area contributed by atoms with Crippen molar-refractivity contribution >= 4 is 16.8 Å². The second kappa shape index (κ2) is 9.34. The minimum atomic E-state index is 0.0582. The average Bonchev–Trinajstić information content (AvgIpc) is 3.57. The number of pyridine rings is 1. The van der Waals surface area contributed by atoms with E-state index in [0.29, 0.717) is 17.7 Å². The van der Waals surface area contributed by atoms with Crippen LogP contribution in [0.3, 0.4) is 0 Å². The summed E-state index contributed by atoms with van der Waals surface area (Å²) in [6.45, 7) is 10.5. The van der Waals surface area contributed by atoms with Crippen LogP contribution >= 0.6 is 0 Å². The highest BCUT2D eigenvalue weighted by molar-refractivity contribution is 5.95. The van der Waals surface area contributed by atoms with E-state index >= 15 is 0 Å². The first kappa shape index (κ1) is 21.1. The predicted molar refractivity (Wildman–Crippen MR) is 121 cm³/mol. The molecule has 1 aromatic carbocycles. The van der Waals surface area contributed by atoms with Gasteiger partial charge in [-0.05, 0) is 76.1 Å². The molecule has 1 aliphatic carbocycles. The summed E-state index contributed by atoms with van der Waals surface area (Å²) in [7, 11) is 0. The molecule has 2 aromatic rings. The van der Waals surface area contributed by atoms with Crippen LogP contribution in [-0.4, -0.2) is 59.0 Å². The Hall–Kier alpha value is -2.14. The van der Waals surface area contributed by atoms with Crippen molar-refractivity contribution in [3.63, 3.8) is 0 Å². The minimum Gasteiger partial charge on any atom is -0.490 e. The zero-order valence-electron chi connectivity index (χ0n) is 18.6. The maximum atomic E-state index is 13.0. The zero-order valence-corrected chi connectivity index (χ0v) is 18.6. The Kier molecular flexibility index (Phi) is 6.57. The van der Waals surface area contributed by atoms with Crippen molar-refractivity contribution in [2.75, 3.05) is 26.2 Å². The van der Waals surface area contributed by atoms with E-state index in [0.717, 1.165) is 62.1 Å². The molecule has 162 valence electrons. The number of carbonyl (C=O) groups is 1. The van der Waals surface area contributed by atoms with Gasteiger partial charge in [0.05, 0.1) is 5.52 Å². The first-order valence-corrected chi connectivity index (χ1v) is 11.6. The first-order valence-electron chi connectivity index (χ1n) is 11.6. The summed E-state index contributed by atoms with van der Waals surface area (Å²) >= 11 is 0. The lowest BCUT2D eigenvalue weighted by Crippen LogP contribution is -2.41. The molecule has 0 radical (unpaired) electrons. The molecule has 0 unspecified atom stereocenters. The van der Waals surface area contributed by atoms with Gasteiger partial charge in [-0.2, -0.15) is 0 Å². The van der Waals surface area contributed by atoms with Gasteiger partial charge in [-0.3, -0.25) is 4.79 Å². The van der Waals surface area contributed by atoms with Crippen molar-refractivity contribution in [1.82, 2.24) is 14.8 Å². The smallest absolute Gasteiger partial charge is 0.272 e. The van der Waals surface area contributed by atoms with Crippen molar-refractivity contribution in [3.05, 3.63) is 36.0 Å². The Bertz CT molecular complexity index is 870. The van der Waals surface area contributed by atoms with Gasteiger partial charge in [-0.1, -0.05) is 13.0 Å². The molecule has 1 amide bonds. The van der Waals surface area contributed by atoms with Crippen LogP contribution in [0, 0.1) is 5.92 Å². The second-order valence-corrected chi connectivity index (χ2v) is 9.19. The largest absolute Gasteiger partial charge is 0.490 e. The Morgan fingerprint density at radius 1 is 1.17 bits per heavy atom. The second-order valence-electron chi connectivity index (χ2n) is 9.19. The SMILES string of the molecule is CCCN(CC1CC1)C(=O)c1ccc2cc(OC3CCN(C(C)C)CC3)ccc2n1. The van der Waals surface area contributed by atoms with E-state index in [1.807, 2.05) is 29.2 Å². The van der Waals surface area contributed by atoms with Crippen LogP contribution in [0.15, 0.2) is 30.3 Å². The highest BCUT2D eigenvalue weighted by Crippen LogP contribution is 2.30. The summed E-state index contributed by atoms with van der Waals surface area (Å²) in [4.78, 5) is 22.1. The Morgan fingerprint density at radius 3 is 2.60 bits per heavy atom. The number of hydrogen-bond donors (Lipinski definition) is 0. The normalized spacial score (nSPS) is 18.1. The molecule has 5 heteroatoms. The van der Waals surface area contributed by atoms with Crippen LogP contribution < -0.4 is 4.74 Å². The number of fused-ring (bicyclic) bond motifs is 1. The number of ether oxygens (including phenoxy) is 1. The summed E-state index contributed by atoms with van der Waals surface area (Å²) < 4.78 is 6.26. The molecule has 0 N–H and O–H groups in total. The third-order valence-corrected chi connectivity index (χ3v) is 6.35. The molecule has 30 heavy (non-hydrogen) atoms. The van der Waals surface area contributed by atoms with Gasteiger partial charge in [0.15, 0.2) is 0 Å². The van der Waals surface area contributed by atoms with E-state index in [9.17, 15) is 4.79 Å². The predicted octanol–water partition coefficient (Wildman–Crippen LogP) is 4.75. The third-order valence-electron chi connectivity index (χ3n) is 6.35. The number of aromatic nitrogens is 1. The molecule has 1 saturated heterocycles. The Morgan fingerprint density at radius 2 is 1.93 bits per heavy atom. The molecule has 5 nitrogen and oxygen atoms in total. The number of amides is 1. The van der Waals surface area contributed by atoms with Gasteiger partial charge >= 0.3 is 0 Å². The Balaban J connectivity index is 1.42. The number of carbonyl (C=O) groups excluding carboxylic acids is 1. The van der Waals surface area contributed by atoms with E-state index in [2.05, 4.69) is 36.7 Å². The lowest BCUT2D eigenvalue weighted by molar-refractivity contribution is 0.0742. The monoisotopic (exact) mass is 409 g/mol. The van der Waals surface area contributed by atoms with Gasteiger partial charge in [0.1, 0.15) is 17.5 Å². The molecule has 2 heterocycles. The molecule has 0 spiro atoms. The van der Waals surface area contributed by atoms with Crippen LogP contribution in [-0.2, 0) is 0 Å². The molecule has 0 bridgehead atoms. The molecule has 2 fully saturated rings. The Labute approximate surface area is 180 Å². The van der Waals surface area contributed by atoms with E-state index in [1.165, 1.54) is 12.8 Å². The van der Waals surface area contributed by atoms with Crippen molar-refractivity contribution in [2.24, 2.45) is 5.92 Å². The van der Waals surface area contributed by atoms with E-state index in [4.69, 9.17) is 4.74 Å². The van der Waals surface area contributed by atoms with Crippen molar-refractivity contribution in [1.29, 1.82) is 0 Å². The van der Waals surface area contributed by atoms with Gasteiger partial charge in [-0.25, -0.2) is 4.98 Å². The molecule has 1 saturated carbocycles. The quantitative estimate of drug-likeness (QED) is 0.631. The number of likely N-dealkylation sites (tertiary alicyclic amines) is 1. The fourth-order valence-corrected chi connectivity index (χ4v) is 4.32.